The molecule has 170 valence electrons. The lowest BCUT2D eigenvalue weighted by Gasteiger charge is -2.13. The molecule has 0 aliphatic rings. The standard InChI is InChI=1S/C34H24N2/c1-23-16-18-24(19-17-23)27-20-21-31-30(22-27)28-14-8-9-15-29(28)34-35-32(25-10-4-2-5-11-25)33(36(31)34)26-12-6-3-7-13-26/h2-22H,1H3. The lowest BCUT2D eigenvalue weighted by atomic mass is 9.99. The number of nitrogens with zero attached hydrogens (tertiary/aromatic N) is 2. The number of hydrogen-bond donors (Lipinski definition) is 0. The van der Waals surface area contributed by atoms with Crippen LogP contribution >= 0.6 is 0 Å². The van der Waals surface area contributed by atoms with Crippen LogP contribution in [0.25, 0.3) is 61.0 Å². The van der Waals surface area contributed by atoms with Crippen LogP contribution in [-0.2, 0) is 0 Å². The summed E-state index contributed by atoms with van der Waals surface area (Å²) in [7, 11) is 0. The Morgan fingerprint density at radius 2 is 1.11 bits per heavy atom. The topological polar surface area (TPSA) is 17.3 Å². The first-order valence-corrected chi connectivity index (χ1v) is 12.3. The van der Waals surface area contributed by atoms with E-state index in [4.69, 9.17) is 4.98 Å². The Balaban J connectivity index is 1.64. The van der Waals surface area contributed by atoms with Gasteiger partial charge in [0.25, 0.3) is 0 Å². The molecule has 0 saturated heterocycles. The van der Waals surface area contributed by atoms with Gasteiger partial charge in [-0.3, -0.25) is 4.40 Å². The molecule has 0 aliphatic heterocycles. The second-order valence-electron chi connectivity index (χ2n) is 9.34. The van der Waals surface area contributed by atoms with E-state index in [1.165, 1.54) is 27.5 Å². The third-order valence-corrected chi connectivity index (χ3v) is 7.05. The molecule has 7 aromatic rings. The molecule has 2 heteroatoms. The van der Waals surface area contributed by atoms with Gasteiger partial charge in [0.1, 0.15) is 5.65 Å². The van der Waals surface area contributed by atoms with Crippen LogP contribution < -0.4 is 0 Å². The summed E-state index contributed by atoms with van der Waals surface area (Å²) >= 11 is 0. The number of imidazole rings is 1. The number of rotatable bonds is 3. The van der Waals surface area contributed by atoms with Gasteiger partial charge in [-0.05, 0) is 35.6 Å². The largest absolute Gasteiger partial charge is 0.291 e. The summed E-state index contributed by atoms with van der Waals surface area (Å²) in [6, 6.07) is 45.4. The minimum Gasteiger partial charge on any atom is -0.291 e. The average molecular weight is 461 g/mol. The highest BCUT2D eigenvalue weighted by Gasteiger charge is 2.20. The van der Waals surface area contributed by atoms with Gasteiger partial charge in [0.15, 0.2) is 0 Å². The van der Waals surface area contributed by atoms with Gasteiger partial charge in [0, 0.05) is 21.9 Å². The van der Waals surface area contributed by atoms with E-state index in [1.54, 1.807) is 0 Å². The molecule has 0 saturated carbocycles. The Kier molecular flexibility index (Phi) is 4.71. The first kappa shape index (κ1) is 20.7. The van der Waals surface area contributed by atoms with Gasteiger partial charge in [0.2, 0.25) is 0 Å². The fourth-order valence-electron chi connectivity index (χ4n) is 5.28. The molecule has 0 unspecified atom stereocenters. The molecule has 0 radical (unpaired) electrons. The van der Waals surface area contributed by atoms with Crippen molar-refractivity contribution in [3.05, 3.63) is 133 Å². The summed E-state index contributed by atoms with van der Waals surface area (Å²) in [4.78, 5) is 5.29. The van der Waals surface area contributed by atoms with E-state index in [2.05, 4.69) is 139 Å². The van der Waals surface area contributed by atoms with Crippen LogP contribution in [0.15, 0.2) is 127 Å². The number of pyridine rings is 1. The van der Waals surface area contributed by atoms with Gasteiger partial charge in [-0.1, -0.05) is 121 Å². The molecule has 0 N–H and O–H groups in total. The highest BCUT2D eigenvalue weighted by Crippen LogP contribution is 2.39. The fourth-order valence-corrected chi connectivity index (χ4v) is 5.28. The van der Waals surface area contributed by atoms with E-state index >= 15 is 0 Å². The molecule has 0 fully saturated rings. The van der Waals surface area contributed by atoms with Crippen molar-refractivity contribution in [2.45, 2.75) is 6.92 Å². The zero-order valence-electron chi connectivity index (χ0n) is 20.0. The minimum absolute atomic E-state index is 0.985. The highest BCUT2D eigenvalue weighted by atomic mass is 15.0. The lowest BCUT2D eigenvalue weighted by Crippen LogP contribution is -1.95. The number of aromatic nitrogens is 2. The van der Waals surface area contributed by atoms with Crippen molar-refractivity contribution in [2.75, 3.05) is 0 Å². The van der Waals surface area contributed by atoms with E-state index < -0.39 is 0 Å². The Hall–Kier alpha value is -4.69. The summed E-state index contributed by atoms with van der Waals surface area (Å²) in [5.41, 5.74) is 10.3. The van der Waals surface area contributed by atoms with Crippen molar-refractivity contribution in [1.82, 2.24) is 9.38 Å². The zero-order valence-corrected chi connectivity index (χ0v) is 20.0. The molecule has 36 heavy (non-hydrogen) atoms. The lowest BCUT2D eigenvalue weighted by molar-refractivity contribution is 1.27. The molecule has 0 atom stereocenters. The van der Waals surface area contributed by atoms with Crippen molar-refractivity contribution in [1.29, 1.82) is 0 Å². The van der Waals surface area contributed by atoms with Crippen LogP contribution in [0.4, 0.5) is 0 Å². The van der Waals surface area contributed by atoms with Gasteiger partial charge in [0.05, 0.1) is 16.9 Å². The summed E-state index contributed by atoms with van der Waals surface area (Å²) in [6.45, 7) is 2.13. The number of benzene rings is 5. The second kappa shape index (κ2) is 8.21. The molecule has 0 amide bonds. The third kappa shape index (κ3) is 3.23. The fraction of sp³-hybridized carbons (Fsp3) is 0.0294. The predicted molar refractivity (Wildman–Crippen MR) is 151 cm³/mol. The highest BCUT2D eigenvalue weighted by molar-refractivity contribution is 6.14. The second-order valence-corrected chi connectivity index (χ2v) is 9.34. The molecule has 0 aliphatic carbocycles. The van der Waals surface area contributed by atoms with Gasteiger partial charge >= 0.3 is 0 Å². The number of aryl methyl sites for hydroxylation is 1. The van der Waals surface area contributed by atoms with E-state index in [1.807, 2.05) is 0 Å². The Bertz CT molecular complexity index is 1860. The molecular weight excluding hydrogens is 436 g/mol. The van der Waals surface area contributed by atoms with Gasteiger partial charge < -0.3 is 0 Å². The van der Waals surface area contributed by atoms with Gasteiger partial charge in [-0.25, -0.2) is 4.98 Å². The van der Waals surface area contributed by atoms with Crippen molar-refractivity contribution >= 4 is 27.3 Å². The predicted octanol–water partition coefficient (Wildman–Crippen LogP) is 8.95. The van der Waals surface area contributed by atoms with E-state index in [0.717, 1.165) is 39.1 Å². The maximum absolute atomic E-state index is 5.29. The quantitative estimate of drug-likeness (QED) is 0.241. The Labute approximate surface area is 210 Å². The van der Waals surface area contributed by atoms with Crippen LogP contribution in [-0.4, -0.2) is 9.38 Å². The minimum atomic E-state index is 0.985. The van der Waals surface area contributed by atoms with Crippen LogP contribution in [0.3, 0.4) is 0 Å². The molecule has 0 spiro atoms. The maximum atomic E-state index is 5.29. The monoisotopic (exact) mass is 460 g/mol. The third-order valence-electron chi connectivity index (χ3n) is 7.05. The molecule has 5 aromatic carbocycles. The van der Waals surface area contributed by atoms with Crippen molar-refractivity contribution < 1.29 is 0 Å². The van der Waals surface area contributed by atoms with Crippen LogP contribution in [0.2, 0.25) is 0 Å². The van der Waals surface area contributed by atoms with Gasteiger partial charge in [-0.15, -0.1) is 0 Å². The van der Waals surface area contributed by atoms with Crippen molar-refractivity contribution in [3.8, 4) is 33.6 Å². The zero-order chi connectivity index (χ0) is 24.1. The van der Waals surface area contributed by atoms with Gasteiger partial charge in [-0.2, -0.15) is 0 Å². The maximum Gasteiger partial charge on any atom is 0.146 e. The number of fused-ring (bicyclic) bond motifs is 6. The number of hydrogen-bond acceptors (Lipinski definition) is 1. The smallest absolute Gasteiger partial charge is 0.146 e. The van der Waals surface area contributed by atoms with E-state index in [-0.39, 0.29) is 0 Å². The van der Waals surface area contributed by atoms with E-state index in [0.29, 0.717) is 0 Å². The molecule has 0 bridgehead atoms. The molecule has 2 aromatic heterocycles. The van der Waals surface area contributed by atoms with Crippen LogP contribution in [0.5, 0.6) is 0 Å². The van der Waals surface area contributed by atoms with Crippen LogP contribution in [0.1, 0.15) is 5.56 Å². The van der Waals surface area contributed by atoms with E-state index in [9.17, 15) is 0 Å². The molecule has 2 heterocycles. The first-order chi connectivity index (χ1) is 17.8. The SMILES string of the molecule is Cc1ccc(-c2ccc3c(c2)c2ccccc2c2nc(-c4ccccc4)c(-c4ccccc4)n32)cc1. The first-order valence-electron chi connectivity index (χ1n) is 12.3. The summed E-state index contributed by atoms with van der Waals surface area (Å²) in [5.74, 6) is 0. The summed E-state index contributed by atoms with van der Waals surface area (Å²) in [6.07, 6.45) is 0. The molecule has 2 nitrogen and oxygen atoms in total. The summed E-state index contributed by atoms with van der Waals surface area (Å²) in [5, 5.41) is 3.61. The Morgan fingerprint density at radius 1 is 0.500 bits per heavy atom. The molecular formula is C34H24N2. The van der Waals surface area contributed by atoms with Crippen molar-refractivity contribution in [2.24, 2.45) is 0 Å². The Morgan fingerprint density at radius 3 is 1.83 bits per heavy atom. The van der Waals surface area contributed by atoms with Crippen molar-refractivity contribution in [3.63, 3.8) is 0 Å². The normalized spacial score (nSPS) is 11.5. The van der Waals surface area contributed by atoms with Crippen LogP contribution in [0, 0.1) is 6.92 Å². The summed E-state index contributed by atoms with van der Waals surface area (Å²) < 4.78 is 2.36. The molecule has 7 rings (SSSR count). The average Bonchev–Trinajstić information content (AvgIpc) is 3.35.